The average molecular weight is 233 g/mol. The molecule has 0 saturated heterocycles. The fourth-order valence-corrected chi connectivity index (χ4v) is 2.58. The molecule has 0 spiro atoms. The summed E-state index contributed by atoms with van der Waals surface area (Å²) in [5, 5.41) is 3.03. The van der Waals surface area contributed by atoms with Gasteiger partial charge in [-0.25, -0.2) is 0 Å². The van der Waals surface area contributed by atoms with E-state index in [4.69, 9.17) is 4.74 Å². The summed E-state index contributed by atoms with van der Waals surface area (Å²) in [6.45, 7) is 0.487. The van der Waals surface area contributed by atoms with Gasteiger partial charge in [0.1, 0.15) is 0 Å². The summed E-state index contributed by atoms with van der Waals surface area (Å²) in [7, 11) is 1.83. The monoisotopic (exact) mass is 233 g/mol. The van der Waals surface area contributed by atoms with Gasteiger partial charge in [0.15, 0.2) is 5.75 Å². The van der Waals surface area contributed by atoms with E-state index in [0.29, 0.717) is 18.1 Å². The van der Waals surface area contributed by atoms with E-state index in [0.717, 1.165) is 5.69 Å². The van der Waals surface area contributed by atoms with Crippen molar-refractivity contribution >= 4 is 12.2 Å². The Hall–Kier alpha value is -1.51. The van der Waals surface area contributed by atoms with Crippen LogP contribution < -0.4 is 10.1 Å². The van der Waals surface area contributed by atoms with Crippen LogP contribution in [-0.2, 0) is 4.79 Å². The number of anilines is 1. The summed E-state index contributed by atoms with van der Waals surface area (Å²) in [6.07, 6.45) is 6.46. The van der Waals surface area contributed by atoms with Crippen molar-refractivity contribution in [1.82, 2.24) is 0 Å². The van der Waals surface area contributed by atoms with Crippen LogP contribution in [-0.4, -0.2) is 13.5 Å². The van der Waals surface area contributed by atoms with Gasteiger partial charge < -0.3 is 10.1 Å². The van der Waals surface area contributed by atoms with Crippen LogP contribution in [0.3, 0.4) is 0 Å². The summed E-state index contributed by atoms with van der Waals surface area (Å²) in [4.78, 5) is 10.5. The molecular weight excluding hydrogens is 214 g/mol. The molecule has 3 heteroatoms. The molecule has 1 aliphatic rings. The fourth-order valence-electron chi connectivity index (χ4n) is 2.58. The molecule has 0 aliphatic heterocycles. The van der Waals surface area contributed by atoms with Crippen LogP contribution in [0.25, 0.3) is 0 Å². The number of carbonyl (C=O) groups excluding carboxylic acids is 1. The summed E-state index contributed by atoms with van der Waals surface area (Å²) in [5.74, 6) is 1.26. The molecule has 0 bridgehead atoms. The fraction of sp³-hybridized carbons (Fsp3) is 0.500. The lowest BCUT2D eigenvalue weighted by Crippen LogP contribution is -2.05. The van der Waals surface area contributed by atoms with E-state index in [2.05, 4.69) is 11.4 Å². The Morgan fingerprint density at radius 3 is 2.71 bits per heavy atom. The SMILES string of the molecule is CNc1ccc(C2CCCCC2)cc1OC=O. The van der Waals surface area contributed by atoms with Crippen LogP contribution in [0.15, 0.2) is 18.2 Å². The zero-order valence-electron chi connectivity index (χ0n) is 10.2. The van der Waals surface area contributed by atoms with E-state index in [1.807, 2.05) is 19.2 Å². The van der Waals surface area contributed by atoms with E-state index < -0.39 is 0 Å². The van der Waals surface area contributed by atoms with Crippen molar-refractivity contribution in [2.24, 2.45) is 0 Å². The van der Waals surface area contributed by atoms with Gasteiger partial charge in [0.05, 0.1) is 5.69 Å². The second-order valence-electron chi connectivity index (χ2n) is 4.55. The van der Waals surface area contributed by atoms with Crippen LogP contribution >= 0.6 is 0 Å². The minimum atomic E-state index is 0.487. The minimum absolute atomic E-state index is 0.487. The third-order valence-electron chi connectivity index (χ3n) is 3.53. The molecule has 0 aromatic heterocycles. The molecule has 0 radical (unpaired) electrons. The van der Waals surface area contributed by atoms with Crippen LogP contribution in [0.4, 0.5) is 5.69 Å². The molecule has 2 rings (SSSR count). The molecule has 1 fully saturated rings. The van der Waals surface area contributed by atoms with Crippen LogP contribution in [0.1, 0.15) is 43.6 Å². The molecule has 0 amide bonds. The Bertz CT molecular complexity index is 384. The number of hydrogen-bond acceptors (Lipinski definition) is 3. The van der Waals surface area contributed by atoms with E-state index >= 15 is 0 Å². The Labute approximate surface area is 102 Å². The molecule has 1 aromatic carbocycles. The van der Waals surface area contributed by atoms with Crippen molar-refractivity contribution in [2.45, 2.75) is 38.0 Å². The van der Waals surface area contributed by atoms with Crippen molar-refractivity contribution in [3.05, 3.63) is 23.8 Å². The first-order valence-electron chi connectivity index (χ1n) is 6.27. The minimum Gasteiger partial charge on any atom is -0.427 e. The summed E-state index contributed by atoms with van der Waals surface area (Å²) >= 11 is 0. The predicted octanol–water partition coefficient (Wildman–Crippen LogP) is 3.31. The van der Waals surface area contributed by atoms with Gasteiger partial charge in [0.2, 0.25) is 0 Å². The highest BCUT2D eigenvalue weighted by molar-refractivity contribution is 5.62. The molecule has 17 heavy (non-hydrogen) atoms. The Morgan fingerprint density at radius 1 is 1.29 bits per heavy atom. The third kappa shape index (κ3) is 2.78. The standard InChI is InChI=1S/C14H19NO2/c1-15-13-8-7-12(9-14(13)17-10-16)11-5-3-2-4-6-11/h7-11,15H,2-6H2,1H3. The third-order valence-corrected chi connectivity index (χ3v) is 3.53. The Balaban J connectivity index is 2.22. The molecule has 1 aromatic rings. The van der Waals surface area contributed by atoms with Crippen LogP contribution in [0.5, 0.6) is 5.75 Å². The number of benzene rings is 1. The number of ether oxygens (including phenoxy) is 1. The van der Waals surface area contributed by atoms with Gasteiger partial charge >= 0.3 is 0 Å². The molecule has 0 unspecified atom stereocenters. The lowest BCUT2D eigenvalue weighted by Gasteiger charge is -2.22. The van der Waals surface area contributed by atoms with Gasteiger partial charge in [0.25, 0.3) is 6.47 Å². The molecule has 92 valence electrons. The van der Waals surface area contributed by atoms with Gasteiger partial charge in [-0.1, -0.05) is 25.3 Å². The van der Waals surface area contributed by atoms with Crippen molar-refractivity contribution in [2.75, 3.05) is 12.4 Å². The van der Waals surface area contributed by atoms with Gasteiger partial charge in [-0.05, 0) is 36.5 Å². The van der Waals surface area contributed by atoms with Crippen molar-refractivity contribution in [3.8, 4) is 5.75 Å². The first-order valence-corrected chi connectivity index (χ1v) is 6.27. The first-order chi connectivity index (χ1) is 8.35. The summed E-state index contributed by atoms with van der Waals surface area (Å²) in [5.41, 5.74) is 2.15. The van der Waals surface area contributed by atoms with E-state index in [9.17, 15) is 4.79 Å². The van der Waals surface area contributed by atoms with Crippen molar-refractivity contribution < 1.29 is 9.53 Å². The maximum absolute atomic E-state index is 10.5. The van der Waals surface area contributed by atoms with Crippen molar-refractivity contribution in [3.63, 3.8) is 0 Å². The second kappa shape index (κ2) is 5.71. The maximum atomic E-state index is 10.5. The predicted molar refractivity (Wildman–Crippen MR) is 68.5 cm³/mol. The number of hydrogen-bond donors (Lipinski definition) is 1. The van der Waals surface area contributed by atoms with Crippen LogP contribution in [0, 0.1) is 0 Å². The summed E-state index contributed by atoms with van der Waals surface area (Å²) < 4.78 is 5.02. The quantitative estimate of drug-likeness (QED) is 0.811. The highest BCUT2D eigenvalue weighted by Crippen LogP contribution is 2.36. The number of carbonyl (C=O) groups is 1. The lowest BCUT2D eigenvalue weighted by molar-refractivity contribution is -0.120. The van der Waals surface area contributed by atoms with E-state index in [1.54, 1.807) is 0 Å². The highest BCUT2D eigenvalue weighted by atomic mass is 16.5. The Morgan fingerprint density at radius 2 is 2.06 bits per heavy atom. The zero-order valence-corrected chi connectivity index (χ0v) is 10.2. The van der Waals surface area contributed by atoms with Gasteiger partial charge in [-0.15, -0.1) is 0 Å². The smallest absolute Gasteiger partial charge is 0.298 e. The first kappa shape index (κ1) is 12.0. The van der Waals surface area contributed by atoms with Gasteiger partial charge in [-0.2, -0.15) is 0 Å². The molecule has 1 N–H and O–H groups in total. The number of nitrogens with one attached hydrogen (secondary N) is 1. The van der Waals surface area contributed by atoms with Gasteiger partial charge in [-0.3, -0.25) is 4.79 Å². The normalized spacial score (nSPS) is 16.5. The summed E-state index contributed by atoms with van der Waals surface area (Å²) in [6, 6.07) is 6.12. The lowest BCUT2D eigenvalue weighted by atomic mass is 9.84. The molecular formula is C14H19NO2. The molecule has 1 saturated carbocycles. The maximum Gasteiger partial charge on any atom is 0.298 e. The number of rotatable bonds is 4. The topological polar surface area (TPSA) is 38.3 Å². The molecule has 0 atom stereocenters. The molecule has 1 aliphatic carbocycles. The highest BCUT2D eigenvalue weighted by Gasteiger charge is 2.16. The van der Waals surface area contributed by atoms with E-state index in [-0.39, 0.29) is 0 Å². The van der Waals surface area contributed by atoms with Crippen LogP contribution in [0.2, 0.25) is 0 Å². The Kier molecular flexibility index (Phi) is 4.02. The van der Waals surface area contributed by atoms with Crippen molar-refractivity contribution in [1.29, 1.82) is 0 Å². The average Bonchev–Trinajstić information content (AvgIpc) is 2.40. The van der Waals surface area contributed by atoms with E-state index in [1.165, 1.54) is 37.7 Å². The largest absolute Gasteiger partial charge is 0.427 e. The molecule has 3 nitrogen and oxygen atoms in total. The molecule has 0 heterocycles. The zero-order chi connectivity index (χ0) is 12.1. The second-order valence-corrected chi connectivity index (χ2v) is 4.55. The van der Waals surface area contributed by atoms with Gasteiger partial charge in [0, 0.05) is 7.05 Å².